The molecule has 0 aliphatic rings. The molecule has 13 nitrogen and oxygen atoms in total. The van der Waals surface area contributed by atoms with Gasteiger partial charge < -0.3 is 31.9 Å². The molecule has 1 amide bonds. The third-order valence-corrected chi connectivity index (χ3v) is 5.13. The van der Waals surface area contributed by atoms with Crippen molar-refractivity contribution in [3.8, 4) is 0 Å². The van der Waals surface area contributed by atoms with Crippen LogP contribution in [-0.4, -0.2) is 61.1 Å². The summed E-state index contributed by atoms with van der Waals surface area (Å²) < 4.78 is 41.7. The van der Waals surface area contributed by atoms with Crippen LogP contribution in [0.5, 0.6) is 0 Å². The van der Waals surface area contributed by atoms with Crippen molar-refractivity contribution >= 4 is 46.5 Å². The largest absolute Gasteiger partial charge is 0.481 e. The first-order chi connectivity index (χ1) is 17.3. The smallest absolute Gasteiger partial charge is 0.418 e. The monoisotopic (exact) mass is 522 g/mol. The predicted molar refractivity (Wildman–Crippen MR) is 123 cm³/mol. The van der Waals surface area contributed by atoms with Gasteiger partial charge in [-0.15, -0.1) is 0 Å². The molecular formula is C21H21F3N8O5. The van der Waals surface area contributed by atoms with E-state index < -0.39 is 54.0 Å². The number of carbonyl (C=O) groups excluding carboxylic acids is 1. The number of nitrogens with two attached hydrogens (primary N) is 2. The molecule has 0 aliphatic carbocycles. The lowest BCUT2D eigenvalue weighted by atomic mass is 10.1. The van der Waals surface area contributed by atoms with Crippen LogP contribution in [-0.2, 0) is 22.3 Å². The van der Waals surface area contributed by atoms with Crippen LogP contribution in [0.2, 0.25) is 0 Å². The number of halogens is 3. The third-order valence-electron chi connectivity index (χ3n) is 5.13. The Bertz CT molecular complexity index is 1370. The first kappa shape index (κ1) is 26.8. The molecule has 3 rings (SSSR count). The normalized spacial score (nSPS) is 12.2. The average molecular weight is 522 g/mol. The molecular weight excluding hydrogens is 501 g/mol. The van der Waals surface area contributed by atoms with E-state index in [0.29, 0.717) is 6.07 Å². The first-order valence-electron chi connectivity index (χ1n) is 10.5. The molecule has 0 spiro atoms. The highest BCUT2D eigenvalue weighted by Crippen LogP contribution is 2.37. The van der Waals surface area contributed by atoms with E-state index in [1.165, 1.54) is 18.1 Å². The Morgan fingerprint density at radius 3 is 2.46 bits per heavy atom. The molecule has 16 heteroatoms. The summed E-state index contributed by atoms with van der Waals surface area (Å²) in [5.41, 5.74) is 9.86. The lowest BCUT2D eigenvalue weighted by Crippen LogP contribution is -2.41. The molecule has 0 unspecified atom stereocenters. The minimum atomic E-state index is -4.87. The predicted octanol–water partition coefficient (Wildman–Crippen LogP) is 1.29. The van der Waals surface area contributed by atoms with Crippen molar-refractivity contribution in [1.29, 1.82) is 0 Å². The molecule has 0 radical (unpaired) electrons. The highest BCUT2D eigenvalue weighted by Gasteiger charge is 2.35. The zero-order valence-corrected chi connectivity index (χ0v) is 19.2. The molecule has 0 bridgehead atoms. The van der Waals surface area contributed by atoms with E-state index in [2.05, 4.69) is 19.9 Å². The summed E-state index contributed by atoms with van der Waals surface area (Å²) in [6.07, 6.45) is -4.58. The molecule has 1 atom stereocenters. The maximum atomic E-state index is 13.9. The number of aliphatic carboxylic acids is 2. The maximum Gasteiger partial charge on any atom is 0.418 e. The zero-order chi connectivity index (χ0) is 27.5. The fraction of sp³-hybridized carbons (Fsp3) is 0.286. The number of hydrogen-bond acceptors (Lipinski definition) is 10. The standard InChI is InChI=1S/C21H21F3N8O5/c1-32(8-10-7-27-17-15(28-10)16(25)30-20(26)31-17)13-4-2-9(6-11(13)21(22,23)24)18(35)29-12(19(36)37)3-5-14(33)34/h2,4,6-7,12H,3,5,8H2,1H3,(H,29,35)(H,33,34)(H,36,37)(H4,25,26,27,30,31)/t12-/m1/s1. The summed E-state index contributed by atoms with van der Waals surface area (Å²) in [5, 5.41) is 20.0. The van der Waals surface area contributed by atoms with Gasteiger partial charge in [0.05, 0.1) is 24.0 Å². The second kappa shape index (κ2) is 10.5. The number of amides is 1. The Kier molecular flexibility index (Phi) is 7.59. The van der Waals surface area contributed by atoms with Crippen molar-refractivity contribution in [1.82, 2.24) is 25.3 Å². The van der Waals surface area contributed by atoms with E-state index in [0.717, 1.165) is 12.1 Å². The van der Waals surface area contributed by atoms with Crippen LogP contribution in [0.15, 0.2) is 24.4 Å². The van der Waals surface area contributed by atoms with Gasteiger partial charge in [-0.1, -0.05) is 0 Å². The Hall–Kier alpha value is -4.76. The van der Waals surface area contributed by atoms with Gasteiger partial charge in [0, 0.05) is 24.7 Å². The van der Waals surface area contributed by atoms with Crippen LogP contribution in [0.25, 0.3) is 11.2 Å². The van der Waals surface area contributed by atoms with Gasteiger partial charge in [0.2, 0.25) is 5.95 Å². The van der Waals surface area contributed by atoms with Crippen LogP contribution in [0.1, 0.15) is 34.5 Å². The lowest BCUT2D eigenvalue weighted by Gasteiger charge is -2.24. The number of carboxylic acid groups (broad SMARTS) is 2. The Morgan fingerprint density at radius 2 is 1.84 bits per heavy atom. The topological polar surface area (TPSA) is 211 Å². The van der Waals surface area contributed by atoms with Crippen molar-refractivity contribution in [2.45, 2.75) is 31.6 Å². The number of nitrogens with zero attached hydrogens (tertiary/aromatic N) is 5. The van der Waals surface area contributed by atoms with Crippen molar-refractivity contribution in [3.05, 3.63) is 41.2 Å². The number of aromatic nitrogens is 4. The van der Waals surface area contributed by atoms with Gasteiger partial charge in [0.15, 0.2) is 17.0 Å². The molecule has 3 aromatic rings. The number of anilines is 3. The summed E-state index contributed by atoms with van der Waals surface area (Å²) in [5.74, 6) is -4.07. The van der Waals surface area contributed by atoms with Crippen LogP contribution >= 0.6 is 0 Å². The molecule has 0 aliphatic heterocycles. The van der Waals surface area contributed by atoms with Gasteiger partial charge in [0.25, 0.3) is 5.91 Å². The molecule has 37 heavy (non-hydrogen) atoms. The molecule has 2 aromatic heterocycles. The van der Waals surface area contributed by atoms with Gasteiger partial charge in [-0.3, -0.25) is 9.59 Å². The number of carbonyl (C=O) groups is 3. The van der Waals surface area contributed by atoms with Crippen LogP contribution < -0.4 is 21.7 Å². The first-order valence-corrected chi connectivity index (χ1v) is 10.5. The third kappa shape index (κ3) is 6.47. The van der Waals surface area contributed by atoms with Gasteiger partial charge in [0.1, 0.15) is 6.04 Å². The van der Waals surface area contributed by atoms with Gasteiger partial charge in [-0.2, -0.15) is 23.1 Å². The number of hydrogen-bond donors (Lipinski definition) is 5. The molecule has 196 valence electrons. The Labute approximate surface area is 206 Å². The summed E-state index contributed by atoms with van der Waals surface area (Å²) >= 11 is 0. The zero-order valence-electron chi connectivity index (χ0n) is 19.2. The van der Waals surface area contributed by atoms with Crippen molar-refractivity contribution in [3.63, 3.8) is 0 Å². The second-order valence-corrected chi connectivity index (χ2v) is 7.88. The number of nitrogen functional groups attached to an aromatic ring is 2. The second-order valence-electron chi connectivity index (χ2n) is 7.88. The van der Waals surface area contributed by atoms with Gasteiger partial charge >= 0.3 is 18.1 Å². The van der Waals surface area contributed by atoms with Crippen LogP contribution in [0.4, 0.5) is 30.6 Å². The molecule has 2 heterocycles. The molecule has 7 N–H and O–H groups in total. The fourth-order valence-corrected chi connectivity index (χ4v) is 3.39. The number of fused-ring (bicyclic) bond motifs is 1. The maximum absolute atomic E-state index is 13.9. The van der Waals surface area contributed by atoms with E-state index in [9.17, 15) is 32.7 Å². The summed E-state index contributed by atoms with van der Waals surface area (Å²) in [7, 11) is 1.37. The van der Waals surface area contributed by atoms with Crippen molar-refractivity contribution in [2.24, 2.45) is 0 Å². The summed E-state index contributed by atoms with van der Waals surface area (Å²) in [4.78, 5) is 51.7. The van der Waals surface area contributed by atoms with Crippen LogP contribution in [0, 0.1) is 0 Å². The number of rotatable bonds is 9. The number of carboxylic acids is 2. The summed E-state index contributed by atoms with van der Waals surface area (Å²) in [6, 6.07) is 1.13. The highest BCUT2D eigenvalue weighted by atomic mass is 19.4. The highest BCUT2D eigenvalue weighted by molar-refractivity contribution is 5.97. The number of alkyl halides is 3. The van der Waals surface area contributed by atoms with Gasteiger partial charge in [-0.25, -0.2) is 14.8 Å². The minimum absolute atomic E-state index is 0.0473. The van der Waals surface area contributed by atoms with E-state index in [4.69, 9.17) is 16.6 Å². The SMILES string of the molecule is CN(Cc1cnc2nc(N)nc(N)c2n1)c1ccc(C(=O)N[C@H](CCC(=O)O)C(=O)O)cc1C(F)(F)F. The van der Waals surface area contributed by atoms with Crippen LogP contribution in [0.3, 0.4) is 0 Å². The Morgan fingerprint density at radius 1 is 1.14 bits per heavy atom. The number of benzene rings is 1. The van der Waals surface area contributed by atoms with E-state index >= 15 is 0 Å². The molecule has 0 fully saturated rings. The van der Waals surface area contributed by atoms with Gasteiger partial charge in [-0.05, 0) is 24.6 Å². The lowest BCUT2D eigenvalue weighted by molar-refractivity contribution is -0.141. The number of nitrogens with one attached hydrogen (secondary N) is 1. The van der Waals surface area contributed by atoms with E-state index in [-0.39, 0.29) is 40.9 Å². The fourth-order valence-electron chi connectivity index (χ4n) is 3.39. The molecule has 1 aromatic carbocycles. The van der Waals surface area contributed by atoms with Crippen molar-refractivity contribution in [2.75, 3.05) is 23.4 Å². The molecule has 0 saturated carbocycles. The quantitative estimate of drug-likeness (QED) is 0.269. The van der Waals surface area contributed by atoms with E-state index in [1.54, 1.807) is 0 Å². The Balaban J connectivity index is 1.88. The average Bonchev–Trinajstić information content (AvgIpc) is 2.80. The molecule has 0 saturated heterocycles. The van der Waals surface area contributed by atoms with E-state index in [1.807, 2.05) is 5.32 Å². The van der Waals surface area contributed by atoms with Crippen molar-refractivity contribution < 1.29 is 37.8 Å². The minimum Gasteiger partial charge on any atom is -0.481 e. The summed E-state index contributed by atoms with van der Waals surface area (Å²) in [6.45, 7) is -0.141.